The molecule has 94 valence electrons. The molecule has 0 aliphatic heterocycles. The van der Waals surface area contributed by atoms with Crippen LogP contribution in [-0.4, -0.2) is 8.76 Å². The summed E-state index contributed by atoms with van der Waals surface area (Å²) in [7, 11) is 0. The monoisotopic (exact) mass is 279 g/mol. The van der Waals surface area contributed by atoms with Crippen LogP contribution >= 0.6 is 11.6 Å². The molecule has 1 atom stereocenters. The Morgan fingerprint density at radius 3 is 2.56 bits per heavy atom. The summed E-state index contributed by atoms with van der Waals surface area (Å²) in [4.78, 5) is 0. The molecular formula is C14H12ClO2S-. The fourth-order valence-electron chi connectivity index (χ4n) is 2.03. The molecule has 0 radical (unpaired) electrons. The summed E-state index contributed by atoms with van der Waals surface area (Å²) >= 11 is 4.08. The highest BCUT2D eigenvalue weighted by Gasteiger charge is 2.10. The van der Waals surface area contributed by atoms with E-state index in [2.05, 4.69) is 0 Å². The zero-order chi connectivity index (χ0) is 13.1. The Bertz CT molecular complexity index is 596. The lowest BCUT2D eigenvalue weighted by Gasteiger charge is -2.15. The van der Waals surface area contributed by atoms with Crippen molar-refractivity contribution in [3.8, 4) is 11.1 Å². The third kappa shape index (κ3) is 2.80. The van der Waals surface area contributed by atoms with Gasteiger partial charge in [-0.15, -0.1) is 0 Å². The average Bonchev–Trinajstić information content (AvgIpc) is 2.30. The van der Waals surface area contributed by atoms with Gasteiger partial charge in [0.2, 0.25) is 0 Å². The van der Waals surface area contributed by atoms with Crippen molar-refractivity contribution < 1.29 is 8.76 Å². The first-order valence-corrected chi connectivity index (χ1v) is 7.11. The molecule has 0 amide bonds. The minimum absolute atomic E-state index is 0.00222. The third-order valence-electron chi connectivity index (χ3n) is 2.78. The first kappa shape index (κ1) is 13.3. The zero-order valence-electron chi connectivity index (χ0n) is 9.85. The summed E-state index contributed by atoms with van der Waals surface area (Å²) in [5.74, 6) is 0.00222. The van der Waals surface area contributed by atoms with Gasteiger partial charge in [-0.05, 0) is 29.7 Å². The van der Waals surface area contributed by atoms with Gasteiger partial charge in [0, 0.05) is 16.3 Å². The van der Waals surface area contributed by atoms with Crippen molar-refractivity contribution in [2.45, 2.75) is 12.7 Å². The van der Waals surface area contributed by atoms with Crippen LogP contribution in [0.5, 0.6) is 0 Å². The molecular weight excluding hydrogens is 268 g/mol. The van der Waals surface area contributed by atoms with Crippen molar-refractivity contribution in [3.05, 3.63) is 58.6 Å². The predicted octanol–water partition coefficient (Wildman–Crippen LogP) is 3.69. The maximum Gasteiger partial charge on any atom is 0.0484 e. The highest BCUT2D eigenvalue weighted by atomic mass is 35.5. The minimum Gasteiger partial charge on any atom is -0.772 e. The number of hydrogen-bond acceptors (Lipinski definition) is 2. The SMILES string of the molecule is Cc1cccc(CS(=O)[O-])c1-c1ccccc1Cl. The summed E-state index contributed by atoms with van der Waals surface area (Å²) in [6, 6.07) is 13.1. The zero-order valence-corrected chi connectivity index (χ0v) is 11.4. The number of benzene rings is 2. The molecule has 1 unspecified atom stereocenters. The molecule has 2 rings (SSSR count). The Balaban J connectivity index is 2.62. The van der Waals surface area contributed by atoms with Gasteiger partial charge in [-0.3, -0.25) is 4.21 Å². The molecule has 0 aromatic heterocycles. The number of rotatable bonds is 3. The van der Waals surface area contributed by atoms with Gasteiger partial charge in [-0.25, -0.2) is 0 Å². The van der Waals surface area contributed by atoms with E-state index in [9.17, 15) is 8.76 Å². The predicted molar refractivity (Wildman–Crippen MR) is 74.2 cm³/mol. The van der Waals surface area contributed by atoms with Crippen LogP contribution in [0, 0.1) is 6.92 Å². The van der Waals surface area contributed by atoms with Crippen LogP contribution in [0.4, 0.5) is 0 Å². The Morgan fingerprint density at radius 2 is 1.89 bits per heavy atom. The molecule has 0 N–H and O–H groups in total. The molecule has 0 saturated carbocycles. The fraction of sp³-hybridized carbons (Fsp3) is 0.143. The average molecular weight is 280 g/mol. The molecule has 0 heterocycles. The van der Waals surface area contributed by atoms with E-state index in [-0.39, 0.29) is 5.75 Å². The van der Waals surface area contributed by atoms with Crippen molar-refractivity contribution in [1.29, 1.82) is 0 Å². The van der Waals surface area contributed by atoms with Gasteiger partial charge in [0.1, 0.15) is 0 Å². The summed E-state index contributed by atoms with van der Waals surface area (Å²) in [6.07, 6.45) is 0. The maximum absolute atomic E-state index is 10.9. The smallest absolute Gasteiger partial charge is 0.0484 e. The third-order valence-corrected chi connectivity index (χ3v) is 3.65. The fourth-order valence-corrected chi connectivity index (χ4v) is 2.75. The molecule has 2 nitrogen and oxygen atoms in total. The Labute approximate surface area is 114 Å². The Hall–Kier alpha value is -1.16. The van der Waals surface area contributed by atoms with Crippen LogP contribution in [-0.2, 0) is 16.8 Å². The van der Waals surface area contributed by atoms with Crippen molar-refractivity contribution in [3.63, 3.8) is 0 Å². The first-order chi connectivity index (χ1) is 8.59. The Kier molecular flexibility index (Phi) is 4.17. The summed E-state index contributed by atoms with van der Waals surface area (Å²) < 4.78 is 21.8. The molecule has 0 bridgehead atoms. The molecule has 4 heteroatoms. The molecule has 2 aromatic rings. The largest absolute Gasteiger partial charge is 0.772 e. The van der Waals surface area contributed by atoms with Gasteiger partial charge in [0.15, 0.2) is 0 Å². The molecule has 0 saturated heterocycles. The van der Waals surface area contributed by atoms with E-state index >= 15 is 0 Å². The van der Waals surface area contributed by atoms with Crippen LogP contribution in [0.1, 0.15) is 11.1 Å². The lowest BCUT2D eigenvalue weighted by Crippen LogP contribution is -1.98. The van der Waals surface area contributed by atoms with Crippen molar-refractivity contribution in [2.24, 2.45) is 0 Å². The van der Waals surface area contributed by atoms with Crippen LogP contribution in [0.2, 0.25) is 5.02 Å². The highest BCUT2D eigenvalue weighted by molar-refractivity contribution is 7.78. The van der Waals surface area contributed by atoms with Crippen LogP contribution in [0.15, 0.2) is 42.5 Å². The van der Waals surface area contributed by atoms with Crippen LogP contribution in [0.3, 0.4) is 0 Å². The first-order valence-electron chi connectivity index (χ1n) is 5.49. The van der Waals surface area contributed by atoms with E-state index in [1.165, 1.54) is 0 Å². The normalized spacial score (nSPS) is 12.4. The minimum atomic E-state index is -2.11. The Morgan fingerprint density at radius 1 is 1.17 bits per heavy atom. The van der Waals surface area contributed by atoms with E-state index in [1.54, 1.807) is 6.07 Å². The second-order valence-corrected chi connectivity index (χ2v) is 5.34. The van der Waals surface area contributed by atoms with E-state index in [0.717, 1.165) is 22.3 Å². The lowest BCUT2D eigenvalue weighted by atomic mass is 9.96. The second-order valence-electron chi connectivity index (χ2n) is 4.04. The van der Waals surface area contributed by atoms with Gasteiger partial charge in [-0.1, -0.05) is 59.1 Å². The standard InChI is InChI=1S/C14H13ClO2S/c1-10-5-4-6-11(9-18(16)17)14(10)12-7-2-3-8-13(12)15/h2-8H,9H2,1H3,(H,16,17)/p-1. The van der Waals surface area contributed by atoms with Crippen LogP contribution < -0.4 is 0 Å². The van der Waals surface area contributed by atoms with Gasteiger partial charge < -0.3 is 4.55 Å². The van der Waals surface area contributed by atoms with E-state index < -0.39 is 11.1 Å². The number of halogens is 1. The molecule has 0 aliphatic carbocycles. The summed E-state index contributed by atoms with van der Waals surface area (Å²) in [5.41, 5.74) is 3.58. The second kappa shape index (κ2) is 5.65. The number of hydrogen-bond donors (Lipinski definition) is 0. The highest BCUT2D eigenvalue weighted by Crippen LogP contribution is 2.33. The summed E-state index contributed by atoms with van der Waals surface area (Å²) in [6.45, 7) is 1.95. The van der Waals surface area contributed by atoms with Crippen molar-refractivity contribution in [2.75, 3.05) is 0 Å². The topological polar surface area (TPSA) is 40.1 Å². The molecule has 0 fully saturated rings. The molecule has 18 heavy (non-hydrogen) atoms. The maximum atomic E-state index is 10.9. The van der Waals surface area contributed by atoms with Crippen molar-refractivity contribution in [1.82, 2.24) is 0 Å². The van der Waals surface area contributed by atoms with Gasteiger partial charge >= 0.3 is 0 Å². The van der Waals surface area contributed by atoms with E-state index in [4.69, 9.17) is 11.6 Å². The molecule has 0 aliphatic rings. The van der Waals surface area contributed by atoms with Crippen LogP contribution in [0.25, 0.3) is 11.1 Å². The lowest BCUT2D eigenvalue weighted by molar-refractivity contribution is 0.536. The number of aryl methyl sites for hydroxylation is 1. The van der Waals surface area contributed by atoms with E-state index in [1.807, 2.05) is 43.3 Å². The quantitative estimate of drug-likeness (QED) is 0.804. The summed E-state index contributed by atoms with van der Waals surface area (Å²) in [5, 5.41) is 0.629. The van der Waals surface area contributed by atoms with Crippen molar-refractivity contribution >= 4 is 22.7 Å². The van der Waals surface area contributed by atoms with E-state index in [0.29, 0.717) is 5.02 Å². The van der Waals surface area contributed by atoms with Gasteiger partial charge in [0.05, 0.1) is 0 Å². The van der Waals surface area contributed by atoms with Gasteiger partial charge in [-0.2, -0.15) is 0 Å². The molecule has 2 aromatic carbocycles. The molecule has 0 spiro atoms. The van der Waals surface area contributed by atoms with Gasteiger partial charge in [0.25, 0.3) is 0 Å².